The first-order chi connectivity index (χ1) is 11.9. The lowest BCUT2D eigenvalue weighted by Crippen LogP contribution is -2.40. The van der Waals surface area contributed by atoms with Gasteiger partial charge < -0.3 is 24.1 Å². The molecule has 0 saturated carbocycles. The molecule has 1 fully saturated rings. The van der Waals surface area contributed by atoms with Crippen molar-refractivity contribution in [3.63, 3.8) is 0 Å². The number of benzene rings is 1. The van der Waals surface area contributed by atoms with Gasteiger partial charge in [-0.1, -0.05) is 18.2 Å². The first-order valence-corrected chi connectivity index (χ1v) is 7.85. The molecule has 0 spiro atoms. The molecule has 1 aliphatic heterocycles. The van der Waals surface area contributed by atoms with E-state index in [2.05, 4.69) is 4.74 Å². The average molecular weight is 350 g/mol. The number of aliphatic hydroxyl groups excluding tert-OH is 1. The fourth-order valence-corrected chi connectivity index (χ4v) is 2.48. The Hall–Kier alpha value is -2.22. The lowest BCUT2D eigenvalue weighted by atomic mass is 10.1. The predicted octanol–water partition coefficient (Wildman–Crippen LogP) is 1.45. The van der Waals surface area contributed by atoms with Crippen molar-refractivity contribution in [3.05, 3.63) is 48.0 Å². The van der Waals surface area contributed by atoms with Gasteiger partial charge in [-0.15, -0.1) is 0 Å². The molecule has 3 atom stereocenters. The Morgan fingerprint density at radius 3 is 2.56 bits per heavy atom. The third-order valence-electron chi connectivity index (χ3n) is 3.60. The Morgan fingerprint density at radius 1 is 1.28 bits per heavy atom. The molecule has 7 heteroatoms. The molecule has 1 aromatic carbocycles. The number of carbonyl (C=O) groups is 2. The Labute approximate surface area is 146 Å². The van der Waals surface area contributed by atoms with Crippen LogP contribution in [0.3, 0.4) is 0 Å². The molecule has 7 nitrogen and oxygen atoms in total. The number of hydrogen-bond donors (Lipinski definition) is 1. The van der Waals surface area contributed by atoms with Gasteiger partial charge in [-0.3, -0.25) is 0 Å². The minimum Gasteiger partial charge on any atom is -0.466 e. The zero-order valence-electron chi connectivity index (χ0n) is 14.4. The maximum absolute atomic E-state index is 12.2. The smallest absolute Gasteiger partial charge is 0.338 e. The Kier molecular flexibility index (Phi) is 6.30. The van der Waals surface area contributed by atoms with Crippen molar-refractivity contribution in [2.24, 2.45) is 0 Å². The van der Waals surface area contributed by atoms with Gasteiger partial charge in [0.25, 0.3) is 0 Å². The van der Waals surface area contributed by atoms with E-state index in [0.29, 0.717) is 5.56 Å². The van der Waals surface area contributed by atoms with Crippen LogP contribution < -0.4 is 0 Å². The van der Waals surface area contributed by atoms with E-state index in [9.17, 15) is 14.7 Å². The lowest BCUT2D eigenvalue weighted by Gasteiger charge is -2.24. The van der Waals surface area contributed by atoms with E-state index >= 15 is 0 Å². The summed E-state index contributed by atoms with van der Waals surface area (Å²) in [6.45, 7) is 2.93. The highest BCUT2D eigenvalue weighted by atomic mass is 16.8. The van der Waals surface area contributed by atoms with Crippen molar-refractivity contribution in [1.29, 1.82) is 0 Å². The summed E-state index contributed by atoms with van der Waals surface area (Å²) in [6, 6.07) is 8.43. The number of methoxy groups -OCH3 is 1. The molecule has 1 aromatic rings. The van der Waals surface area contributed by atoms with Crippen LogP contribution in [0.4, 0.5) is 0 Å². The fourth-order valence-electron chi connectivity index (χ4n) is 2.48. The standard InChI is InChI=1S/C18H22O7/c1-18(2)24-13(9-10-15(20)22-3)16(25-18)14(11-19)23-17(21)12-7-5-4-6-8-12/h4-10,13-14,16,19H,11H2,1-3H3/b10-9-/t13-,14+,16-/m0/s1. The lowest BCUT2D eigenvalue weighted by molar-refractivity contribution is -0.156. The number of carbonyl (C=O) groups excluding carboxylic acids is 2. The SMILES string of the molecule is COC(=O)/C=C\[C@@H]1OC(C)(C)O[C@@H]1[C@@H](CO)OC(=O)c1ccccc1. The van der Waals surface area contributed by atoms with Gasteiger partial charge in [-0.25, -0.2) is 9.59 Å². The number of rotatable bonds is 6. The second-order valence-corrected chi connectivity index (χ2v) is 5.94. The first-order valence-electron chi connectivity index (χ1n) is 7.85. The normalized spacial score (nSPS) is 23.4. The quantitative estimate of drug-likeness (QED) is 0.613. The van der Waals surface area contributed by atoms with Crippen LogP contribution in [0.2, 0.25) is 0 Å². The summed E-state index contributed by atoms with van der Waals surface area (Å²) in [5, 5.41) is 9.67. The molecule has 1 saturated heterocycles. The van der Waals surface area contributed by atoms with Crippen LogP contribution >= 0.6 is 0 Å². The van der Waals surface area contributed by atoms with Gasteiger partial charge >= 0.3 is 11.9 Å². The highest BCUT2D eigenvalue weighted by Crippen LogP contribution is 2.32. The van der Waals surface area contributed by atoms with Crippen molar-refractivity contribution < 1.29 is 33.6 Å². The number of hydrogen-bond acceptors (Lipinski definition) is 7. The van der Waals surface area contributed by atoms with Crippen LogP contribution in [0.1, 0.15) is 24.2 Å². The van der Waals surface area contributed by atoms with Gasteiger partial charge in [-0.05, 0) is 32.1 Å². The molecule has 0 radical (unpaired) electrons. The highest BCUT2D eigenvalue weighted by molar-refractivity contribution is 5.89. The van der Waals surface area contributed by atoms with Crippen molar-refractivity contribution in [3.8, 4) is 0 Å². The molecule has 0 bridgehead atoms. The molecule has 0 amide bonds. The second-order valence-electron chi connectivity index (χ2n) is 5.94. The molecule has 136 valence electrons. The molecular formula is C18H22O7. The van der Waals surface area contributed by atoms with Gasteiger partial charge in [0.1, 0.15) is 12.2 Å². The summed E-state index contributed by atoms with van der Waals surface area (Å²) in [7, 11) is 1.26. The van der Waals surface area contributed by atoms with Crippen molar-refractivity contribution in [2.75, 3.05) is 13.7 Å². The monoisotopic (exact) mass is 350 g/mol. The van der Waals surface area contributed by atoms with E-state index in [1.54, 1.807) is 44.2 Å². The zero-order chi connectivity index (χ0) is 18.4. The fraction of sp³-hybridized carbons (Fsp3) is 0.444. The van der Waals surface area contributed by atoms with Crippen LogP contribution in [0.25, 0.3) is 0 Å². The van der Waals surface area contributed by atoms with Crippen molar-refractivity contribution in [2.45, 2.75) is 37.9 Å². The Balaban J connectivity index is 2.14. The summed E-state index contributed by atoms with van der Waals surface area (Å²) in [5.41, 5.74) is 0.362. The summed E-state index contributed by atoms with van der Waals surface area (Å²) in [5.74, 6) is -2.08. The van der Waals surface area contributed by atoms with Gasteiger partial charge in [-0.2, -0.15) is 0 Å². The van der Waals surface area contributed by atoms with Gasteiger partial charge in [0.05, 0.1) is 19.3 Å². The van der Waals surface area contributed by atoms with Crippen LogP contribution in [-0.2, 0) is 23.7 Å². The summed E-state index contributed by atoms with van der Waals surface area (Å²) in [6.07, 6.45) is 0.255. The second kappa shape index (κ2) is 8.24. The summed E-state index contributed by atoms with van der Waals surface area (Å²) >= 11 is 0. The maximum Gasteiger partial charge on any atom is 0.338 e. The van der Waals surface area contributed by atoms with Crippen molar-refractivity contribution >= 4 is 11.9 Å². The molecular weight excluding hydrogens is 328 g/mol. The maximum atomic E-state index is 12.2. The van der Waals surface area contributed by atoms with E-state index in [4.69, 9.17) is 14.2 Å². The number of aliphatic hydroxyl groups is 1. The molecule has 0 aliphatic carbocycles. The van der Waals surface area contributed by atoms with Crippen LogP contribution in [0.15, 0.2) is 42.5 Å². The van der Waals surface area contributed by atoms with E-state index in [1.165, 1.54) is 19.3 Å². The molecule has 25 heavy (non-hydrogen) atoms. The average Bonchev–Trinajstić information content (AvgIpc) is 2.92. The largest absolute Gasteiger partial charge is 0.466 e. The van der Waals surface area contributed by atoms with E-state index in [0.717, 1.165) is 0 Å². The van der Waals surface area contributed by atoms with E-state index in [1.807, 2.05) is 0 Å². The Morgan fingerprint density at radius 2 is 1.96 bits per heavy atom. The van der Waals surface area contributed by atoms with Crippen molar-refractivity contribution in [1.82, 2.24) is 0 Å². The molecule has 1 heterocycles. The van der Waals surface area contributed by atoms with Crippen LogP contribution in [-0.4, -0.2) is 54.9 Å². The molecule has 2 rings (SSSR count). The highest BCUT2D eigenvalue weighted by Gasteiger charge is 2.45. The number of esters is 2. The van der Waals surface area contributed by atoms with E-state index < -0.39 is 42.6 Å². The van der Waals surface area contributed by atoms with Gasteiger partial charge in [0, 0.05) is 6.08 Å². The van der Waals surface area contributed by atoms with Gasteiger partial charge in [0.15, 0.2) is 11.9 Å². The summed E-state index contributed by atoms with van der Waals surface area (Å²) in [4.78, 5) is 23.5. The zero-order valence-corrected chi connectivity index (χ0v) is 14.4. The molecule has 0 aromatic heterocycles. The van der Waals surface area contributed by atoms with E-state index in [-0.39, 0.29) is 0 Å². The Bertz CT molecular complexity index is 624. The van der Waals surface area contributed by atoms with Crippen LogP contribution in [0, 0.1) is 0 Å². The molecule has 0 unspecified atom stereocenters. The molecule has 1 aliphatic rings. The molecule has 1 N–H and O–H groups in total. The third kappa shape index (κ3) is 5.12. The predicted molar refractivity (Wildman–Crippen MR) is 87.7 cm³/mol. The number of ether oxygens (including phenoxy) is 4. The minimum absolute atomic E-state index is 0.362. The summed E-state index contributed by atoms with van der Waals surface area (Å²) < 4.78 is 21.4. The first kappa shape index (κ1) is 19.1. The van der Waals surface area contributed by atoms with Crippen LogP contribution in [0.5, 0.6) is 0 Å². The topological polar surface area (TPSA) is 91.3 Å². The van der Waals surface area contributed by atoms with Gasteiger partial charge in [0.2, 0.25) is 0 Å². The third-order valence-corrected chi connectivity index (χ3v) is 3.60. The minimum atomic E-state index is -0.957.